The van der Waals surface area contributed by atoms with Crippen LogP contribution in [0.2, 0.25) is 0 Å². The van der Waals surface area contributed by atoms with Gasteiger partial charge in [0.15, 0.2) is 0 Å². The van der Waals surface area contributed by atoms with Crippen LogP contribution in [0.25, 0.3) is 0 Å². The first-order chi connectivity index (χ1) is 48.0. The summed E-state index contributed by atoms with van der Waals surface area (Å²) >= 11 is 0. The number of ether oxygens (including phenoxy) is 8. The molecule has 10 unspecified atom stereocenters. The predicted molar refractivity (Wildman–Crippen MR) is 412 cm³/mol. The third-order valence-electron chi connectivity index (χ3n) is 24.5. The molecule has 0 aromatic carbocycles. The molecule has 8 N–H and O–H groups in total. The molecule has 0 saturated carbocycles. The number of esters is 8. The Balaban J connectivity index is 0.000000298. The molecular formula is C83H146N8O16. The zero-order valence-corrected chi connectivity index (χ0v) is 72.1. The smallest absolute Gasteiger partial charge is 0.311 e. The quantitative estimate of drug-likeness (QED) is 0.0311. The van der Waals surface area contributed by atoms with Crippen LogP contribution in [0.4, 0.5) is 0 Å². The summed E-state index contributed by atoms with van der Waals surface area (Å²) in [5, 5.41) is 28.2. The molecular weight excluding hydrogens is 1360 g/mol. The Bertz CT molecular complexity index is 2960. The van der Waals surface area contributed by atoms with E-state index in [4.69, 9.17) is 37.9 Å². The largest absolute Gasteiger partial charge is 0.464 e. The highest BCUT2D eigenvalue weighted by Gasteiger charge is 2.57. The van der Waals surface area contributed by atoms with Gasteiger partial charge in [-0.15, -0.1) is 0 Å². The van der Waals surface area contributed by atoms with Gasteiger partial charge < -0.3 is 80.4 Å². The van der Waals surface area contributed by atoms with Crippen molar-refractivity contribution in [3.8, 4) is 0 Å². The molecule has 0 amide bonds. The van der Waals surface area contributed by atoms with Gasteiger partial charge in [0.1, 0.15) is 57.3 Å². The number of carbonyl (C=O) groups excluding carboxylic acids is 8. The summed E-state index contributed by atoms with van der Waals surface area (Å²) in [6, 6.07) is 0. The van der Waals surface area contributed by atoms with E-state index in [9.17, 15) is 38.4 Å². The molecule has 107 heavy (non-hydrogen) atoms. The van der Waals surface area contributed by atoms with Gasteiger partial charge in [-0.1, -0.05) is 0 Å². The van der Waals surface area contributed by atoms with Crippen LogP contribution >= 0.6 is 0 Å². The highest BCUT2D eigenvalue weighted by Crippen LogP contribution is 2.45. The lowest BCUT2D eigenvalue weighted by Crippen LogP contribution is -2.50. The number of carbonyl (C=O) groups is 8. The number of nitrogens with one attached hydrogen (secondary N) is 8. The summed E-state index contributed by atoms with van der Waals surface area (Å²) < 4.78 is 48.8. The minimum Gasteiger partial charge on any atom is -0.464 e. The van der Waals surface area contributed by atoms with E-state index in [1.165, 1.54) is 0 Å². The lowest BCUT2D eigenvalue weighted by atomic mass is 9.85. The van der Waals surface area contributed by atoms with Crippen LogP contribution < -0.4 is 42.5 Å². The first kappa shape index (κ1) is 89.6. The van der Waals surface area contributed by atoms with Crippen molar-refractivity contribution in [3.05, 3.63) is 0 Å². The van der Waals surface area contributed by atoms with E-state index in [1.807, 2.05) is 166 Å². The lowest BCUT2D eigenvalue weighted by Gasteiger charge is -2.35. The number of hydrogen-bond donors (Lipinski definition) is 8. The predicted octanol–water partition coefficient (Wildman–Crippen LogP) is 10.2. The molecule has 8 rings (SSSR count). The minimum atomic E-state index is -1.38. The van der Waals surface area contributed by atoms with Gasteiger partial charge in [0.2, 0.25) is 0 Å². The van der Waals surface area contributed by atoms with Crippen LogP contribution in [0, 0.1) is 52.8 Å². The van der Waals surface area contributed by atoms with Gasteiger partial charge in [0.05, 0.1) is 47.3 Å². The molecule has 10 atom stereocenters. The number of hydrogen-bond acceptors (Lipinski definition) is 24. The van der Waals surface area contributed by atoms with E-state index < -0.39 is 121 Å². The van der Waals surface area contributed by atoms with Crippen molar-refractivity contribution in [2.45, 2.75) is 387 Å². The van der Waals surface area contributed by atoms with Gasteiger partial charge in [-0.25, -0.2) is 0 Å². The summed E-state index contributed by atoms with van der Waals surface area (Å²) in [6.07, 6.45) is 3.44. The topological polar surface area (TPSA) is 307 Å². The third-order valence-corrected chi connectivity index (χ3v) is 24.5. The second-order valence-electron chi connectivity index (χ2n) is 43.8. The maximum absolute atomic E-state index is 13.9. The Hall–Kier alpha value is -4.56. The van der Waals surface area contributed by atoms with E-state index in [0.29, 0.717) is 51.4 Å². The average molecular weight is 1510 g/mol. The Morgan fingerprint density at radius 2 is 0.383 bits per heavy atom. The molecule has 0 aromatic heterocycles. The van der Waals surface area contributed by atoms with Gasteiger partial charge in [-0.3, -0.25) is 38.4 Å². The van der Waals surface area contributed by atoms with Crippen LogP contribution in [0.15, 0.2) is 0 Å². The van der Waals surface area contributed by atoms with Crippen LogP contribution in [-0.4, -0.2) is 188 Å². The van der Waals surface area contributed by atoms with Crippen molar-refractivity contribution >= 4 is 47.8 Å². The van der Waals surface area contributed by atoms with E-state index in [0.717, 1.165) is 0 Å². The summed E-state index contributed by atoms with van der Waals surface area (Å²) in [4.78, 5) is 110. The van der Waals surface area contributed by atoms with E-state index in [-0.39, 0.29) is 133 Å². The van der Waals surface area contributed by atoms with E-state index in [2.05, 4.69) is 97.9 Å². The zero-order valence-electron chi connectivity index (χ0n) is 72.1. The van der Waals surface area contributed by atoms with Crippen LogP contribution in [-0.2, 0) is 76.3 Å². The molecule has 8 heterocycles. The molecule has 0 aliphatic carbocycles. The summed E-state index contributed by atoms with van der Waals surface area (Å²) in [7, 11) is 0. The highest BCUT2D eigenvalue weighted by molar-refractivity contribution is 5.79. The number of rotatable bonds is 25. The van der Waals surface area contributed by atoms with Crippen LogP contribution in [0.1, 0.15) is 286 Å². The summed E-state index contributed by atoms with van der Waals surface area (Å²) in [5.74, 6) is -6.61. The summed E-state index contributed by atoms with van der Waals surface area (Å²) in [5.41, 5.74) is -7.64. The van der Waals surface area contributed by atoms with Crippen LogP contribution in [0.5, 0.6) is 0 Å². The Kier molecular flexibility index (Phi) is 25.5. The molecule has 614 valence electrons. The standard InChI is InChI=1S/C42H74N4O8.C41H72N4O8/c1-35(2)19-27(39(9,10)43-35)31(47)51-23-25(53-33(49)29-21-37(5,6)45-41(29,13)14)17-18-26(54-34(50)30-22-38(7,8)46-42(30,15)16)24-52-32(48)28-20-36(3,4)44-40(28,11)12;1-33(2)17-25(37(9,10)42-33)29(46)50-21-41(22-51-30(47)26-18-34(3,4)43-38(26,11)12,23-52-31(48)27-19-35(5,6)44-39(27,13)14)24-53-32(49)28-20-36(7,8)45-40(28,15)16/h25-30,43-46H,17-24H2,1-16H3;25-28,42-45H,17-24H2,1-16H3. The maximum atomic E-state index is 13.9. The maximum Gasteiger partial charge on any atom is 0.311 e. The first-order valence-corrected chi connectivity index (χ1v) is 39.7. The normalized spacial score (nSPS) is 31.8. The van der Waals surface area contributed by atoms with Crippen molar-refractivity contribution in [2.24, 2.45) is 52.8 Å². The summed E-state index contributed by atoms with van der Waals surface area (Å²) in [6.45, 7) is 63.2. The molecule has 24 heteroatoms. The molecule has 0 spiro atoms. The van der Waals surface area contributed by atoms with Crippen molar-refractivity contribution in [2.75, 3.05) is 39.6 Å². The first-order valence-electron chi connectivity index (χ1n) is 39.7. The van der Waals surface area contributed by atoms with Crippen molar-refractivity contribution < 1.29 is 76.3 Å². The highest BCUT2D eigenvalue weighted by atomic mass is 16.6. The van der Waals surface area contributed by atoms with E-state index >= 15 is 0 Å². The molecule has 8 aliphatic heterocycles. The monoisotopic (exact) mass is 1510 g/mol. The SMILES string of the molecule is CC1(C)CC(C(=O)OCC(CCC(COC(=O)C2CC(C)(C)NC2(C)C)OC(=O)C2CC(C)(C)NC2(C)C)OC(=O)C2CC(C)(C)NC2(C)C)C(C)(C)N1.CC1(C)CC(C(=O)OCC(COC(=O)C2CC(C)(C)NC2(C)C)(COC(=O)C2CC(C)(C)NC2(C)C)COC(=O)C2CC(C)(C)NC2(C)C)C(C)(C)N1. The van der Waals surface area contributed by atoms with Gasteiger partial charge in [0, 0.05) is 88.6 Å². The van der Waals surface area contributed by atoms with Gasteiger partial charge in [-0.2, -0.15) is 0 Å². The fraction of sp³-hybridized carbons (Fsp3) is 0.904. The fourth-order valence-corrected chi connectivity index (χ4v) is 20.5. The van der Waals surface area contributed by atoms with Gasteiger partial charge >= 0.3 is 47.8 Å². The Morgan fingerprint density at radius 3 is 0.523 bits per heavy atom. The average Bonchev–Trinajstić information content (AvgIpc) is 1.74. The minimum absolute atomic E-state index is 0.146. The molecule has 0 bridgehead atoms. The van der Waals surface area contributed by atoms with Crippen molar-refractivity contribution in [1.82, 2.24) is 42.5 Å². The lowest BCUT2D eigenvalue weighted by molar-refractivity contribution is -0.177. The molecule has 0 aromatic rings. The van der Waals surface area contributed by atoms with E-state index in [1.54, 1.807) is 0 Å². The van der Waals surface area contributed by atoms with Crippen molar-refractivity contribution in [1.29, 1.82) is 0 Å². The van der Waals surface area contributed by atoms with Crippen molar-refractivity contribution in [3.63, 3.8) is 0 Å². The Morgan fingerprint density at radius 1 is 0.243 bits per heavy atom. The molecule has 8 fully saturated rings. The van der Waals surface area contributed by atoms with Crippen LogP contribution in [0.3, 0.4) is 0 Å². The molecule has 8 saturated heterocycles. The fourth-order valence-electron chi connectivity index (χ4n) is 20.5. The molecule has 0 radical (unpaired) electrons. The molecule has 24 nitrogen and oxygen atoms in total. The van der Waals surface area contributed by atoms with Gasteiger partial charge in [0.25, 0.3) is 0 Å². The third kappa shape index (κ3) is 22.7. The Labute approximate surface area is 642 Å². The second kappa shape index (κ2) is 30.4. The van der Waals surface area contributed by atoms with Gasteiger partial charge in [-0.05, 0) is 286 Å². The zero-order chi connectivity index (χ0) is 81.5. The second-order valence-corrected chi connectivity index (χ2v) is 43.8. The molecule has 8 aliphatic rings.